The summed E-state index contributed by atoms with van der Waals surface area (Å²) in [6.45, 7) is 5.79. The number of hydrogen-bond acceptors (Lipinski definition) is 9. The van der Waals surface area contributed by atoms with Crippen LogP contribution in [0.2, 0.25) is 0 Å². The van der Waals surface area contributed by atoms with Crippen molar-refractivity contribution in [3.63, 3.8) is 0 Å². The number of likely N-dealkylation sites (N-methyl/N-ethyl adjacent to an activating group) is 1. The Morgan fingerprint density at radius 3 is 1.90 bits per heavy atom. The molecule has 14 nitrogen and oxygen atoms in total. The number of ether oxygens (including phenoxy) is 1. The Morgan fingerprint density at radius 2 is 1.28 bits per heavy atom. The van der Waals surface area contributed by atoms with Crippen molar-refractivity contribution in [2.45, 2.75) is 70.3 Å². The largest absolute Gasteiger partial charge is 0.456 e. The van der Waals surface area contributed by atoms with Gasteiger partial charge in [0, 0.05) is 48.8 Å². The smallest absolute Gasteiger partial charge is 0.416 e. The van der Waals surface area contributed by atoms with Crippen molar-refractivity contribution in [1.29, 1.82) is 0 Å². The molecule has 0 spiro atoms. The quantitative estimate of drug-likeness (QED) is 0.0252. The van der Waals surface area contributed by atoms with Crippen LogP contribution in [-0.2, 0) is 44.6 Å². The standard InChI is InChI=1S/C63H65F6N9O5/c1-61(2,3)83-53(79)40-78(4,33-31-75-38-51(73-49-20-11-18-45(34-49)62(64,65)66)54(58(75)80)56(43-22-26-47(70)27-23-43)72-36-41-14-7-5-8-15-41)32-13-30-74-39-52-55(59(74)81)57(44-24-28-48(71)29-25-44)76(37-42-16-9-6-10-17-42)60(82)77(52)50-21-12-19-46(35-50)63(67,68)69/h5-12,14-29,34-35,56-57,72H,13,30-33,36-40,70-71H2,1-4H3/p+1/t56-,57-,78?/m1/s1. The minimum Gasteiger partial charge on any atom is -0.456 e. The molecule has 6 aromatic rings. The number of carbonyl (C=O) groups is 4. The number of rotatable bonds is 20. The molecule has 3 atom stereocenters. The predicted octanol–water partition coefficient (Wildman–Crippen LogP) is 11.1. The highest BCUT2D eigenvalue weighted by Gasteiger charge is 2.49. The van der Waals surface area contributed by atoms with E-state index in [1.165, 1.54) is 34.1 Å². The van der Waals surface area contributed by atoms with Crippen LogP contribution < -0.4 is 27.0 Å². The number of carbonyl (C=O) groups excluding carboxylic acids is 4. The van der Waals surface area contributed by atoms with E-state index < -0.39 is 65.0 Å². The van der Waals surface area contributed by atoms with Crippen LogP contribution >= 0.6 is 0 Å². The molecule has 434 valence electrons. The van der Waals surface area contributed by atoms with E-state index in [-0.39, 0.29) is 91.5 Å². The van der Waals surface area contributed by atoms with E-state index in [2.05, 4.69) is 10.6 Å². The third kappa shape index (κ3) is 14.0. The van der Waals surface area contributed by atoms with Crippen molar-refractivity contribution in [2.75, 3.05) is 74.5 Å². The molecule has 6 N–H and O–H groups in total. The van der Waals surface area contributed by atoms with Gasteiger partial charge in [-0.25, -0.2) is 9.59 Å². The summed E-state index contributed by atoms with van der Waals surface area (Å²) in [6.07, 6.45) is -9.11. The summed E-state index contributed by atoms with van der Waals surface area (Å²) < 4.78 is 91.0. The zero-order valence-corrected chi connectivity index (χ0v) is 46.4. The van der Waals surface area contributed by atoms with Crippen molar-refractivity contribution in [2.24, 2.45) is 0 Å². The molecule has 6 aromatic carbocycles. The number of esters is 1. The molecule has 0 radical (unpaired) electrons. The topological polar surface area (TPSA) is 167 Å². The van der Waals surface area contributed by atoms with Crippen LogP contribution in [0.15, 0.2) is 180 Å². The molecule has 0 saturated heterocycles. The van der Waals surface area contributed by atoms with E-state index in [1.54, 1.807) is 91.2 Å². The van der Waals surface area contributed by atoms with Gasteiger partial charge in [-0.1, -0.05) is 97.1 Å². The van der Waals surface area contributed by atoms with E-state index in [0.717, 1.165) is 29.8 Å². The molecule has 9 rings (SSSR count). The van der Waals surface area contributed by atoms with Gasteiger partial charge in [0.25, 0.3) is 11.8 Å². The molecule has 3 heterocycles. The summed E-state index contributed by atoms with van der Waals surface area (Å²) in [5, 5.41) is 6.70. The van der Waals surface area contributed by atoms with Gasteiger partial charge in [-0.05, 0) is 104 Å². The number of urea groups is 1. The second kappa shape index (κ2) is 24.1. The Morgan fingerprint density at radius 1 is 0.687 bits per heavy atom. The van der Waals surface area contributed by atoms with E-state index in [0.29, 0.717) is 40.3 Å². The fourth-order valence-electron chi connectivity index (χ4n) is 10.9. The summed E-state index contributed by atoms with van der Waals surface area (Å²) in [7, 11) is 1.83. The third-order valence-corrected chi connectivity index (χ3v) is 14.9. The second-order valence-corrected chi connectivity index (χ2v) is 22.4. The zero-order valence-electron chi connectivity index (χ0n) is 46.4. The Labute approximate surface area is 478 Å². The van der Waals surface area contributed by atoms with Crippen LogP contribution in [0.5, 0.6) is 0 Å². The summed E-state index contributed by atoms with van der Waals surface area (Å²) >= 11 is 0. The number of hydrogen-bond donors (Lipinski definition) is 4. The highest BCUT2D eigenvalue weighted by Crippen LogP contribution is 2.45. The van der Waals surface area contributed by atoms with Gasteiger partial charge < -0.3 is 46.0 Å². The van der Waals surface area contributed by atoms with Gasteiger partial charge >= 0.3 is 24.4 Å². The first-order valence-electron chi connectivity index (χ1n) is 27.2. The highest BCUT2D eigenvalue weighted by molar-refractivity contribution is 6.07. The third-order valence-electron chi connectivity index (χ3n) is 14.9. The number of quaternary nitrogens is 1. The number of amides is 4. The Hall–Kier alpha value is -8.62. The van der Waals surface area contributed by atoms with Gasteiger partial charge in [-0.3, -0.25) is 14.5 Å². The van der Waals surface area contributed by atoms with Crippen molar-refractivity contribution >= 4 is 46.6 Å². The van der Waals surface area contributed by atoms with Crippen LogP contribution in [0, 0.1) is 0 Å². The molecule has 0 bridgehead atoms. The van der Waals surface area contributed by atoms with E-state index in [4.69, 9.17) is 16.2 Å². The van der Waals surface area contributed by atoms with Gasteiger partial charge in [0.15, 0.2) is 6.54 Å². The SMILES string of the molecule is CC(C)(C)OC(=O)C[N+](C)(CCCN1CC2=C(C1=O)[C@@H](c1ccc(N)cc1)N(Cc1ccccc1)C(=O)N2c1cccc(C(F)(F)F)c1)CCN1CC(Nc2cccc(C(F)(F)F)c2)=C([C@H](NCc2ccccc2)c2ccc(N)cc2)C1=O. The number of nitrogens with zero attached hydrogens (tertiary/aromatic N) is 5. The molecule has 0 saturated carbocycles. The van der Waals surface area contributed by atoms with E-state index >= 15 is 14.4 Å². The first-order chi connectivity index (χ1) is 39.3. The highest BCUT2D eigenvalue weighted by atomic mass is 19.4. The minimum atomic E-state index is -4.74. The monoisotopic (exact) mass is 1140 g/mol. The normalized spacial score (nSPS) is 17.1. The van der Waals surface area contributed by atoms with Crippen LogP contribution in [0.4, 0.5) is 53.9 Å². The molecule has 4 amide bonds. The van der Waals surface area contributed by atoms with Crippen molar-refractivity contribution in [3.05, 3.63) is 214 Å². The molecule has 20 heteroatoms. The van der Waals surface area contributed by atoms with Gasteiger partial charge in [0.2, 0.25) is 0 Å². The molecule has 0 fully saturated rings. The zero-order chi connectivity index (χ0) is 59.4. The second-order valence-electron chi connectivity index (χ2n) is 22.4. The molecular weight excluding hydrogens is 1080 g/mol. The van der Waals surface area contributed by atoms with Crippen molar-refractivity contribution < 1.29 is 54.7 Å². The van der Waals surface area contributed by atoms with E-state index in [9.17, 15) is 31.1 Å². The summed E-state index contributed by atoms with van der Waals surface area (Å²) in [4.78, 5) is 65.1. The Balaban J connectivity index is 1.01. The number of nitrogens with two attached hydrogens (primary N) is 2. The molecular formula is C63H66F6N9O5+. The molecule has 0 aliphatic carbocycles. The predicted molar refractivity (Wildman–Crippen MR) is 305 cm³/mol. The molecule has 83 heavy (non-hydrogen) atoms. The average Bonchev–Trinajstić information content (AvgIpc) is 3.10. The summed E-state index contributed by atoms with van der Waals surface area (Å²) in [5.74, 6) is -1.37. The molecule has 3 aliphatic heterocycles. The van der Waals surface area contributed by atoms with E-state index in [1.807, 2.05) is 55.6 Å². The fourth-order valence-corrected chi connectivity index (χ4v) is 10.9. The number of nitrogen functional groups attached to an aromatic ring is 2. The maximum absolute atomic E-state index is 15.2. The summed E-state index contributed by atoms with van der Waals surface area (Å²) in [5.41, 5.74) is 14.4. The molecule has 1 unspecified atom stereocenters. The Bertz CT molecular complexity index is 3410. The average molecular weight is 1140 g/mol. The lowest BCUT2D eigenvalue weighted by atomic mass is 9.92. The fraction of sp³-hybridized carbons (Fsp3) is 0.302. The lowest BCUT2D eigenvalue weighted by Crippen LogP contribution is -2.54. The van der Waals surface area contributed by atoms with Crippen molar-refractivity contribution in [1.82, 2.24) is 20.0 Å². The van der Waals surface area contributed by atoms with Crippen LogP contribution in [-0.4, -0.2) is 101 Å². The van der Waals surface area contributed by atoms with Gasteiger partial charge in [-0.15, -0.1) is 0 Å². The van der Waals surface area contributed by atoms with Crippen LogP contribution in [0.1, 0.15) is 72.7 Å². The number of benzene rings is 6. The lowest BCUT2D eigenvalue weighted by Gasteiger charge is -2.42. The van der Waals surface area contributed by atoms with Crippen LogP contribution in [0.3, 0.4) is 0 Å². The van der Waals surface area contributed by atoms with Gasteiger partial charge in [-0.2, -0.15) is 26.3 Å². The van der Waals surface area contributed by atoms with Crippen LogP contribution in [0.25, 0.3) is 0 Å². The van der Waals surface area contributed by atoms with Gasteiger partial charge in [0.05, 0.1) is 85.5 Å². The van der Waals surface area contributed by atoms with Crippen molar-refractivity contribution in [3.8, 4) is 0 Å². The summed E-state index contributed by atoms with van der Waals surface area (Å²) in [6, 6.07) is 39.1. The maximum Gasteiger partial charge on any atom is 0.416 e. The molecule has 3 aliphatic rings. The number of nitrogens with one attached hydrogen (secondary N) is 2. The van der Waals surface area contributed by atoms with Gasteiger partial charge in [0.1, 0.15) is 5.60 Å². The Kier molecular flexibility index (Phi) is 17.1. The number of halogens is 6. The number of anilines is 4. The first-order valence-corrected chi connectivity index (χ1v) is 27.2. The number of alkyl halides is 6. The maximum atomic E-state index is 15.2. The first kappa shape index (κ1) is 59.0. The minimum absolute atomic E-state index is 0.000307. The molecule has 0 aromatic heterocycles. The lowest BCUT2D eigenvalue weighted by molar-refractivity contribution is -0.902.